The summed E-state index contributed by atoms with van der Waals surface area (Å²) in [7, 11) is 0. The first-order valence-electron chi connectivity index (χ1n) is 6.60. The van der Waals surface area contributed by atoms with E-state index in [0.29, 0.717) is 0 Å². The van der Waals surface area contributed by atoms with Gasteiger partial charge >= 0.3 is 0 Å². The lowest BCUT2D eigenvalue weighted by Crippen LogP contribution is -2.16. The molecule has 0 aliphatic heterocycles. The molecule has 0 aliphatic carbocycles. The molecule has 0 saturated heterocycles. The van der Waals surface area contributed by atoms with Gasteiger partial charge in [0.15, 0.2) is 0 Å². The van der Waals surface area contributed by atoms with E-state index in [9.17, 15) is 0 Å². The molecule has 0 saturated carbocycles. The molecule has 100 valence electrons. The fraction of sp³-hybridized carbons (Fsp3) is 0.294. The maximum Gasteiger partial charge on any atom is 0.0557 e. The summed E-state index contributed by atoms with van der Waals surface area (Å²) in [6.07, 6.45) is 0. The Bertz CT molecular complexity index is 571. The molecule has 1 unspecified atom stereocenters. The summed E-state index contributed by atoms with van der Waals surface area (Å²) in [5, 5.41) is 0. The quantitative estimate of drug-likeness (QED) is 0.805. The van der Waals surface area contributed by atoms with Crippen LogP contribution in [0.5, 0.6) is 0 Å². The van der Waals surface area contributed by atoms with Crippen molar-refractivity contribution in [3.8, 4) is 0 Å². The lowest BCUT2D eigenvalue weighted by Gasteiger charge is -2.21. The molecule has 0 heterocycles. The maximum atomic E-state index is 6.46. The van der Waals surface area contributed by atoms with Gasteiger partial charge in [-0.15, -0.1) is 0 Å². The SMILES string of the molecule is Cc1cc(C)c(C)c(C(N)c2ccc(N)cc2)c1C. The van der Waals surface area contributed by atoms with Crippen LogP contribution in [0.3, 0.4) is 0 Å². The minimum atomic E-state index is -0.0980. The van der Waals surface area contributed by atoms with Crippen LogP contribution in [0.15, 0.2) is 30.3 Å². The normalized spacial score (nSPS) is 12.5. The van der Waals surface area contributed by atoms with Gasteiger partial charge in [0.1, 0.15) is 0 Å². The highest BCUT2D eigenvalue weighted by atomic mass is 14.6. The molecule has 0 aromatic heterocycles. The van der Waals surface area contributed by atoms with Crippen LogP contribution in [0.1, 0.15) is 39.4 Å². The van der Waals surface area contributed by atoms with E-state index < -0.39 is 0 Å². The lowest BCUT2D eigenvalue weighted by molar-refractivity contribution is 0.845. The predicted octanol–water partition coefficient (Wildman–Crippen LogP) is 3.55. The Morgan fingerprint density at radius 2 is 1.32 bits per heavy atom. The van der Waals surface area contributed by atoms with Gasteiger partial charge < -0.3 is 11.5 Å². The molecule has 2 heteroatoms. The molecule has 2 aromatic rings. The van der Waals surface area contributed by atoms with E-state index in [1.165, 1.54) is 27.8 Å². The van der Waals surface area contributed by atoms with E-state index in [2.05, 4.69) is 33.8 Å². The minimum Gasteiger partial charge on any atom is -0.399 e. The largest absolute Gasteiger partial charge is 0.399 e. The van der Waals surface area contributed by atoms with Crippen molar-refractivity contribution < 1.29 is 0 Å². The number of anilines is 1. The van der Waals surface area contributed by atoms with Gasteiger partial charge in [0.25, 0.3) is 0 Å². The Balaban J connectivity index is 2.55. The second-order valence-corrected chi connectivity index (χ2v) is 5.32. The van der Waals surface area contributed by atoms with Crippen molar-refractivity contribution in [3.63, 3.8) is 0 Å². The molecular formula is C17H22N2. The van der Waals surface area contributed by atoms with Crippen molar-refractivity contribution in [3.05, 3.63) is 63.7 Å². The first kappa shape index (κ1) is 13.6. The van der Waals surface area contributed by atoms with Gasteiger partial charge in [0.2, 0.25) is 0 Å². The van der Waals surface area contributed by atoms with Crippen molar-refractivity contribution in [2.75, 3.05) is 5.73 Å². The van der Waals surface area contributed by atoms with Crippen LogP contribution >= 0.6 is 0 Å². The van der Waals surface area contributed by atoms with Gasteiger partial charge in [-0.1, -0.05) is 18.2 Å². The smallest absolute Gasteiger partial charge is 0.0557 e. The number of nitrogens with two attached hydrogens (primary N) is 2. The zero-order valence-electron chi connectivity index (χ0n) is 12.1. The predicted molar refractivity (Wildman–Crippen MR) is 82.3 cm³/mol. The van der Waals surface area contributed by atoms with Crippen LogP contribution in [0.2, 0.25) is 0 Å². The van der Waals surface area contributed by atoms with Gasteiger partial charge in [0, 0.05) is 5.69 Å². The third-order valence-corrected chi connectivity index (χ3v) is 4.03. The van der Waals surface area contributed by atoms with Gasteiger partial charge in [-0.3, -0.25) is 0 Å². The van der Waals surface area contributed by atoms with E-state index >= 15 is 0 Å². The second kappa shape index (κ2) is 5.06. The Kier molecular flexibility index (Phi) is 3.63. The fourth-order valence-electron chi connectivity index (χ4n) is 2.58. The standard InChI is InChI=1S/C17H22N2/c1-10-9-11(2)13(4)16(12(10)3)17(19)14-5-7-15(18)8-6-14/h5-9,17H,18-19H2,1-4H3. The summed E-state index contributed by atoms with van der Waals surface area (Å²) >= 11 is 0. The lowest BCUT2D eigenvalue weighted by atomic mass is 9.87. The Morgan fingerprint density at radius 3 is 1.79 bits per heavy atom. The molecule has 4 N–H and O–H groups in total. The third-order valence-electron chi connectivity index (χ3n) is 4.03. The van der Waals surface area contributed by atoms with Gasteiger partial charge in [0.05, 0.1) is 6.04 Å². The third kappa shape index (κ3) is 2.49. The van der Waals surface area contributed by atoms with Gasteiger partial charge in [-0.05, 0) is 73.2 Å². The van der Waals surface area contributed by atoms with Crippen LogP contribution in [0.25, 0.3) is 0 Å². The van der Waals surface area contributed by atoms with E-state index in [1.54, 1.807) is 0 Å². The van der Waals surface area contributed by atoms with E-state index in [4.69, 9.17) is 11.5 Å². The molecule has 0 fully saturated rings. The summed E-state index contributed by atoms with van der Waals surface area (Å²) < 4.78 is 0. The number of rotatable bonds is 2. The molecule has 2 rings (SSSR count). The maximum absolute atomic E-state index is 6.46. The number of hydrogen-bond acceptors (Lipinski definition) is 2. The molecule has 0 spiro atoms. The van der Waals surface area contributed by atoms with Crippen LogP contribution in [-0.2, 0) is 0 Å². The van der Waals surface area contributed by atoms with E-state index in [1.807, 2.05) is 24.3 Å². The zero-order valence-corrected chi connectivity index (χ0v) is 12.1. The number of benzene rings is 2. The molecular weight excluding hydrogens is 232 g/mol. The van der Waals surface area contributed by atoms with E-state index in [-0.39, 0.29) is 6.04 Å². The van der Waals surface area contributed by atoms with Gasteiger partial charge in [-0.2, -0.15) is 0 Å². The van der Waals surface area contributed by atoms with Crippen LogP contribution in [-0.4, -0.2) is 0 Å². The molecule has 2 nitrogen and oxygen atoms in total. The first-order chi connectivity index (χ1) is 8.91. The van der Waals surface area contributed by atoms with Crippen LogP contribution in [0.4, 0.5) is 5.69 Å². The fourth-order valence-corrected chi connectivity index (χ4v) is 2.58. The number of aryl methyl sites for hydroxylation is 2. The average Bonchev–Trinajstić information content (AvgIpc) is 2.37. The van der Waals surface area contributed by atoms with Crippen molar-refractivity contribution in [1.29, 1.82) is 0 Å². The first-order valence-corrected chi connectivity index (χ1v) is 6.60. The molecule has 0 amide bonds. The molecule has 2 aromatic carbocycles. The van der Waals surface area contributed by atoms with Crippen molar-refractivity contribution in [2.24, 2.45) is 5.73 Å². The molecule has 0 bridgehead atoms. The molecule has 19 heavy (non-hydrogen) atoms. The summed E-state index contributed by atoms with van der Waals surface area (Å²) in [5.41, 5.74) is 20.5. The minimum absolute atomic E-state index is 0.0980. The van der Waals surface area contributed by atoms with Gasteiger partial charge in [-0.25, -0.2) is 0 Å². The highest BCUT2D eigenvalue weighted by molar-refractivity contribution is 5.50. The Hall–Kier alpha value is -1.80. The summed E-state index contributed by atoms with van der Waals surface area (Å²) in [5.74, 6) is 0. The molecule has 0 radical (unpaired) electrons. The molecule has 1 atom stereocenters. The second-order valence-electron chi connectivity index (χ2n) is 5.32. The van der Waals surface area contributed by atoms with Crippen LogP contribution in [0, 0.1) is 27.7 Å². The Morgan fingerprint density at radius 1 is 0.842 bits per heavy atom. The highest BCUT2D eigenvalue weighted by Gasteiger charge is 2.16. The number of nitrogen functional groups attached to an aromatic ring is 1. The topological polar surface area (TPSA) is 52.0 Å². The summed E-state index contributed by atoms with van der Waals surface area (Å²) in [6.45, 7) is 8.57. The average molecular weight is 254 g/mol. The van der Waals surface area contributed by atoms with E-state index in [0.717, 1.165) is 11.3 Å². The summed E-state index contributed by atoms with van der Waals surface area (Å²) in [4.78, 5) is 0. The van der Waals surface area contributed by atoms with Crippen molar-refractivity contribution in [2.45, 2.75) is 33.7 Å². The summed E-state index contributed by atoms with van der Waals surface area (Å²) in [6, 6.07) is 9.96. The van der Waals surface area contributed by atoms with Crippen LogP contribution < -0.4 is 11.5 Å². The molecule has 0 aliphatic rings. The highest BCUT2D eigenvalue weighted by Crippen LogP contribution is 2.30. The monoisotopic (exact) mass is 254 g/mol. The van der Waals surface area contributed by atoms with Crippen molar-refractivity contribution in [1.82, 2.24) is 0 Å². The zero-order chi connectivity index (χ0) is 14.2. The Labute approximate surface area is 115 Å². The van der Waals surface area contributed by atoms with Crippen molar-refractivity contribution >= 4 is 5.69 Å². The number of hydrogen-bond donors (Lipinski definition) is 2.